The molecule has 4 aliphatic carbocycles. The summed E-state index contributed by atoms with van der Waals surface area (Å²) in [6, 6.07) is 0. The monoisotopic (exact) mass is 242 g/mol. The predicted octanol–water partition coefficient (Wildman–Crippen LogP) is 0.726. The summed E-state index contributed by atoms with van der Waals surface area (Å²) >= 11 is 0. The van der Waals surface area contributed by atoms with E-state index in [0.717, 1.165) is 6.42 Å². The molecule has 0 aromatic rings. The molecule has 3 N–H and O–H groups in total. The Kier molecular flexibility index (Phi) is 2.26. The SMILES string of the molecule is CCCOC12CC3(O)CC(O)(CC(O)(C3)C1)C2. The van der Waals surface area contributed by atoms with Gasteiger partial charge in [-0.15, -0.1) is 0 Å². The number of aliphatic hydroxyl groups is 3. The second-order valence-electron chi connectivity index (χ2n) is 6.77. The molecule has 4 bridgehead atoms. The molecular formula is C13H22O4. The van der Waals surface area contributed by atoms with Crippen LogP contribution >= 0.6 is 0 Å². The fourth-order valence-electron chi connectivity index (χ4n) is 4.86. The van der Waals surface area contributed by atoms with Crippen LogP contribution in [0.5, 0.6) is 0 Å². The van der Waals surface area contributed by atoms with E-state index in [4.69, 9.17) is 4.74 Å². The Bertz CT molecular complexity index is 287. The molecule has 0 aliphatic heterocycles. The molecular weight excluding hydrogens is 220 g/mol. The van der Waals surface area contributed by atoms with E-state index in [0.29, 0.717) is 45.1 Å². The van der Waals surface area contributed by atoms with Gasteiger partial charge in [0.25, 0.3) is 0 Å². The van der Waals surface area contributed by atoms with Crippen LogP contribution in [0.2, 0.25) is 0 Å². The highest BCUT2D eigenvalue weighted by Gasteiger charge is 2.68. The number of rotatable bonds is 3. The average Bonchev–Trinajstić information content (AvgIpc) is 2.06. The van der Waals surface area contributed by atoms with Gasteiger partial charge in [-0.1, -0.05) is 6.92 Å². The molecule has 0 saturated heterocycles. The lowest BCUT2D eigenvalue weighted by Crippen LogP contribution is -2.72. The Labute approximate surface area is 102 Å². The van der Waals surface area contributed by atoms with Gasteiger partial charge in [0.2, 0.25) is 0 Å². The van der Waals surface area contributed by atoms with Crippen LogP contribution < -0.4 is 0 Å². The van der Waals surface area contributed by atoms with Gasteiger partial charge >= 0.3 is 0 Å². The molecule has 0 radical (unpaired) electrons. The number of ether oxygens (including phenoxy) is 1. The molecule has 17 heavy (non-hydrogen) atoms. The first-order valence-electron chi connectivity index (χ1n) is 6.61. The summed E-state index contributed by atoms with van der Waals surface area (Å²) in [5.41, 5.74) is -3.33. The van der Waals surface area contributed by atoms with Gasteiger partial charge in [-0.25, -0.2) is 0 Å². The second-order valence-corrected chi connectivity index (χ2v) is 6.77. The first kappa shape index (κ1) is 11.9. The molecule has 0 aromatic heterocycles. The molecule has 4 saturated carbocycles. The second kappa shape index (κ2) is 3.23. The number of hydrogen-bond acceptors (Lipinski definition) is 4. The van der Waals surface area contributed by atoms with E-state index in [9.17, 15) is 15.3 Å². The summed E-state index contributed by atoms with van der Waals surface area (Å²) in [5.74, 6) is 0. The average molecular weight is 242 g/mol. The van der Waals surface area contributed by atoms with Crippen molar-refractivity contribution in [2.45, 2.75) is 74.3 Å². The van der Waals surface area contributed by atoms with Crippen molar-refractivity contribution in [1.82, 2.24) is 0 Å². The summed E-state index contributed by atoms with van der Waals surface area (Å²) in [6.45, 7) is 2.67. The zero-order valence-corrected chi connectivity index (χ0v) is 10.4. The van der Waals surface area contributed by atoms with Gasteiger partial charge in [-0.05, 0) is 6.42 Å². The van der Waals surface area contributed by atoms with E-state index in [-0.39, 0.29) is 0 Å². The third-order valence-electron chi connectivity index (χ3n) is 4.54. The van der Waals surface area contributed by atoms with Crippen molar-refractivity contribution in [1.29, 1.82) is 0 Å². The first-order valence-corrected chi connectivity index (χ1v) is 6.61. The largest absolute Gasteiger partial charge is 0.390 e. The van der Waals surface area contributed by atoms with Gasteiger partial charge in [0.05, 0.1) is 22.4 Å². The molecule has 4 fully saturated rings. The minimum atomic E-state index is -0.939. The Morgan fingerprint density at radius 2 is 1.24 bits per heavy atom. The van der Waals surface area contributed by atoms with Crippen LogP contribution in [0, 0.1) is 0 Å². The van der Waals surface area contributed by atoms with E-state index < -0.39 is 22.4 Å². The maximum atomic E-state index is 10.5. The summed E-state index contributed by atoms with van der Waals surface area (Å²) < 4.78 is 5.91. The molecule has 4 rings (SSSR count). The van der Waals surface area contributed by atoms with E-state index >= 15 is 0 Å². The smallest absolute Gasteiger partial charge is 0.0764 e. The van der Waals surface area contributed by atoms with Crippen LogP contribution in [-0.2, 0) is 4.74 Å². The highest BCUT2D eigenvalue weighted by molar-refractivity contribution is 5.21. The molecule has 0 spiro atoms. The van der Waals surface area contributed by atoms with Crippen LogP contribution in [0.1, 0.15) is 51.9 Å². The normalized spacial score (nSPS) is 56.5. The van der Waals surface area contributed by atoms with Crippen molar-refractivity contribution in [3.05, 3.63) is 0 Å². The molecule has 4 heteroatoms. The lowest BCUT2D eigenvalue weighted by Gasteiger charge is -2.65. The molecule has 98 valence electrons. The van der Waals surface area contributed by atoms with Crippen molar-refractivity contribution in [2.75, 3.05) is 6.61 Å². The van der Waals surface area contributed by atoms with Gasteiger partial charge in [-0.3, -0.25) is 0 Å². The highest BCUT2D eigenvalue weighted by atomic mass is 16.5. The minimum Gasteiger partial charge on any atom is -0.390 e. The molecule has 0 atom stereocenters. The third kappa shape index (κ3) is 1.82. The molecule has 0 aromatic carbocycles. The highest BCUT2D eigenvalue weighted by Crippen LogP contribution is 2.61. The summed E-state index contributed by atoms with van der Waals surface area (Å²) in [6.07, 6.45) is 3.76. The lowest BCUT2D eigenvalue weighted by molar-refractivity contribution is -0.307. The van der Waals surface area contributed by atoms with E-state index in [2.05, 4.69) is 0 Å². The Morgan fingerprint density at radius 3 is 1.59 bits per heavy atom. The van der Waals surface area contributed by atoms with Gasteiger partial charge in [0, 0.05) is 45.1 Å². The molecule has 4 nitrogen and oxygen atoms in total. The van der Waals surface area contributed by atoms with Gasteiger partial charge in [0.1, 0.15) is 0 Å². The van der Waals surface area contributed by atoms with Crippen molar-refractivity contribution >= 4 is 0 Å². The first-order chi connectivity index (χ1) is 7.80. The Morgan fingerprint density at radius 1 is 0.824 bits per heavy atom. The van der Waals surface area contributed by atoms with Crippen LogP contribution in [0.25, 0.3) is 0 Å². The van der Waals surface area contributed by atoms with Crippen molar-refractivity contribution in [3.8, 4) is 0 Å². The summed E-state index contributed by atoms with van der Waals surface area (Å²) in [5, 5.41) is 31.5. The minimum absolute atomic E-state index is 0.388. The van der Waals surface area contributed by atoms with Crippen LogP contribution in [0.15, 0.2) is 0 Å². The van der Waals surface area contributed by atoms with Crippen molar-refractivity contribution in [2.24, 2.45) is 0 Å². The van der Waals surface area contributed by atoms with Gasteiger partial charge in [-0.2, -0.15) is 0 Å². The Balaban J connectivity index is 1.93. The van der Waals surface area contributed by atoms with E-state index in [1.807, 2.05) is 6.92 Å². The number of hydrogen-bond donors (Lipinski definition) is 3. The fourth-order valence-corrected chi connectivity index (χ4v) is 4.86. The maximum Gasteiger partial charge on any atom is 0.0764 e. The lowest BCUT2D eigenvalue weighted by atomic mass is 9.48. The predicted molar refractivity (Wildman–Crippen MR) is 61.5 cm³/mol. The summed E-state index contributed by atoms with van der Waals surface area (Å²) in [7, 11) is 0. The van der Waals surface area contributed by atoms with Crippen LogP contribution in [0.3, 0.4) is 0 Å². The molecule has 4 aliphatic rings. The zero-order chi connectivity index (χ0) is 12.4. The molecule has 0 heterocycles. The van der Waals surface area contributed by atoms with Crippen molar-refractivity contribution < 1.29 is 20.1 Å². The van der Waals surface area contributed by atoms with Gasteiger partial charge in [0.15, 0.2) is 0 Å². The van der Waals surface area contributed by atoms with Crippen molar-refractivity contribution in [3.63, 3.8) is 0 Å². The Hall–Kier alpha value is -0.160. The molecule has 0 amide bonds. The van der Waals surface area contributed by atoms with Crippen LogP contribution in [0.4, 0.5) is 0 Å². The quantitative estimate of drug-likeness (QED) is 0.682. The third-order valence-corrected chi connectivity index (χ3v) is 4.54. The topological polar surface area (TPSA) is 69.9 Å². The molecule has 0 unspecified atom stereocenters. The van der Waals surface area contributed by atoms with Gasteiger partial charge < -0.3 is 20.1 Å². The summed E-state index contributed by atoms with van der Waals surface area (Å²) in [4.78, 5) is 0. The van der Waals surface area contributed by atoms with Crippen LogP contribution in [-0.4, -0.2) is 44.3 Å². The van der Waals surface area contributed by atoms with E-state index in [1.54, 1.807) is 0 Å². The zero-order valence-electron chi connectivity index (χ0n) is 10.4. The maximum absolute atomic E-state index is 10.5. The van der Waals surface area contributed by atoms with E-state index in [1.165, 1.54) is 0 Å². The fraction of sp³-hybridized carbons (Fsp3) is 1.00. The standard InChI is InChI=1S/C13H22O4/c1-2-3-17-13-7-10(14)4-11(15,8-13)6-12(16,5-10)9-13/h14-16H,2-9H2,1H3.